The zero-order valence-corrected chi connectivity index (χ0v) is 26.2. The van der Waals surface area contributed by atoms with Crippen molar-refractivity contribution in [3.05, 3.63) is 93.0 Å². The Hall–Kier alpha value is -4.72. The summed E-state index contributed by atoms with van der Waals surface area (Å²) in [5.41, 5.74) is 14.9. The Bertz CT molecular complexity index is 1630. The molecular weight excluding hydrogens is 536 g/mol. The Morgan fingerprint density at radius 3 is 1.21 bits per heavy atom. The van der Waals surface area contributed by atoms with Gasteiger partial charge in [0.15, 0.2) is 0 Å². The van der Waals surface area contributed by atoms with Crippen molar-refractivity contribution >= 4 is 34.1 Å². The second-order valence-electron chi connectivity index (χ2n) is 11.7. The average Bonchev–Trinajstić information content (AvgIpc) is 2.95. The van der Waals surface area contributed by atoms with Crippen molar-refractivity contribution in [2.24, 2.45) is 20.5 Å². The molecule has 220 valence electrons. The quantitative estimate of drug-likeness (QED) is 0.215. The van der Waals surface area contributed by atoms with Gasteiger partial charge in [0.05, 0.1) is 43.6 Å². The van der Waals surface area contributed by atoms with E-state index in [4.69, 9.17) is 9.47 Å². The molecule has 2 heterocycles. The topological polar surface area (TPSA) is 74.4 Å². The highest BCUT2D eigenvalue weighted by atomic mass is 16.5. The molecule has 2 bridgehead atoms. The van der Waals surface area contributed by atoms with E-state index in [1.54, 1.807) is 14.2 Å². The van der Waals surface area contributed by atoms with Gasteiger partial charge in [-0.05, 0) is 122 Å². The van der Waals surface area contributed by atoms with E-state index in [1.165, 1.54) is 22.5 Å². The number of anilines is 2. The van der Waals surface area contributed by atoms with E-state index in [2.05, 4.69) is 68.4 Å². The summed E-state index contributed by atoms with van der Waals surface area (Å²) in [5, 5.41) is 18.5. The number of ether oxygens (including phenoxy) is 2. The third-order valence-electron chi connectivity index (χ3n) is 8.38. The van der Waals surface area contributed by atoms with E-state index in [1.807, 2.05) is 52.0 Å². The van der Waals surface area contributed by atoms with Crippen LogP contribution in [0.5, 0.6) is 11.5 Å². The molecular formula is C35H38N6O2. The van der Waals surface area contributed by atoms with E-state index in [0.29, 0.717) is 0 Å². The third kappa shape index (κ3) is 5.33. The van der Waals surface area contributed by atoms with Gasteiger partial charge < -0.3 is 19.3 Å². The first kappa shape index (κ1) is 28.4. The fourth-order valence-corrected chi connectivity index (χ4v) is 6.43. The second-order valence-corrected chi connectivity index (χ2v) is 11.7. The van der Waals surface area contributed by atoms with Crippen molar-refractivity contribution < 1.29 is 9.47 Å². The Labute approximate surface area is 253 Å². The number of hydrogen-bond donors (Lipinski definition) is 0. The first-order valence-electron chi connectivity index (χ1n) is 14.6. The van der Waals surface area contributed by atoms with Gasteiger partial charge in [-0.3, -0.25) is 0 Å². The maximum Gasteiger partial charge on any atom is 0.124 e. The molecule has 0 spiro atoms. The lowest BCUT2D eigenvalue weighted by Gasteiger charge is -2.45. The smallest absolute Gasteiger partial charge is 0.124 e. The van der Waals surface area contributed by atoms with Gasteiger partial charge in [-0.25, -0.2) is 0 Å². The van der Waals surface area contributed by atoms with Crippen LogP contribution < -0.4 is 19.3 Å². The number of methoxy groups -OCH3 is 2. The first-order valence-corrected chi connectivity index (χ1v) is 14.6. The number of rotatable bonds is 6. The number of hydrogen-bond acceptors (Lipinski definition) is 8. The lowest BCUT2D eigenvalue weighted by Crippen LogP contribution is -2.46. The predicted molar refractivity (Wildman–Crippen MR) is 173 cm³/mol. The zero-order valence-electron chi connectivity index (χ0n) is 26.2. The minimum atomic E-state index is 0.813. The van der Waals surface area contributed by atoms with Crippen LogP contribution in [-0.2, 0) is 13.1 Å². The van der Waals surface area contributed by atoms with Gasteiger partial charge in [-0.1, -0.05) is 12.1 Å². The molecule has 43 heavy (non-hydrogen) atoms. The number of benzene rings is 4. The molecule has 4 aromatic carbocycles. The first-order chi connectivity index (χ1) is 20.6. The summed E-state index contributed by atoms with van der Waals surface area (Å²) in [5.74, 6) is 1.79. The SMILES string of the molecule is COc1c(C)cc(N=Nc2cc3c(cc2C)CN2CN3Cc3cc(C)c(N=Nc4cc(C)c(OC)c(C)c4)cc32)cc1C. The number of nitrogens with zero attached hydrogens (tertiary/aromatic N) is 6. The van der Waals surface area contributed by atoms with Gasteiger partial charge in [-0.15, -0.1) is 0 Å². The van der Waals surface area contributed by atoms with E-state index in [9.17, 15) is 0 Å². The standard InChI is InChI=1S/C35H38N6O2/c1-20-9-26-17-40-19-41(32(26)15-30(20)38-36-28-11-22(3)34(42-7)23(4)12-28)18-27-10-21(2)31(16-33(27)40)39-37-29-13-24(5)35(43-8)25(6)14-29/h9-16H,17-19H2,1-8H3. The van der Waals surface area contributed by atoms with Crippen LogP contribution in [0.2, 0.25) is 0 Å². The molecule has 0 saturated heterocycles. The van der Waals surface area contributed by atoms with E-state index in [0.717, 1.165) is 87.4 Å². The van der Waals surface area contributed by atoms with Gasteiger partial charge in [0, 0.05) is 24.5 Å². The summed E-state index contributed by atoms with van der Waals surface area (Å²) in [7, 11) is 3.40. The van der Waals surface area contributed by atoms with Crippen LogP contribution in [0.1, 0.15) is 44.5 Å². The molecule has 0 atom stereocenters. The summed E-state index contributed by atoms with van der Waals surface area (Å²) in [6.45, 7) is 14.8. The summed E-state index contributed by atoms with van der Waals surface area (Å²) in [6.07, 6.45) is 0. The molecule has 2 aliphatic heterocycles. The Balaban J connectivity index is 1.26. The Morgan fingerprint density at radius 2 is 0.860 bits per heavy atom. The van der Waals surface area contributed by atoms with Gasteiger partial charge in [-0.2, -0.15) is 20.5 Å². The van der Waals surface area contributed by atoms with Crippen LogP contribution in [0, 0.1) is 41.5 Å². The minimum absolute atomic E-state index is 0.813. The third-order valence-corrected chi connectivity index (χ3v) is 8.38. The molecule has 0 amide bonds. The number of aryl methyl sites for hydroxylation is 6. The van der Waals surface area contributed by atoms with Crippen LogP contribution in [0.3, 0.4) is 0 Å². The molecule has 0 radical (unpaired) electrons. The Morgan fingerprint density at radius 1 is 0.488 bits per heavy atom. The fraction of sp³-hybridized carbons (Fsp3) is 0.314. The van der Waals surface area contributed by atoms with Crippen molar-refractivity contribution in [3.63, 3.8) is 0 Å². The average molecular weight is 575 g/mol. The fourth-order valence-electron chi connectivity index (χ4n) is 6.43. The molecule has 6 rings (SSSR count). The molecule has 8 heteroatoms. The normalized spacial score (nSPS) is 14.0. The highest BCUT2D eigenvalue weighted by Crippen LogP contribution is 2.43. The summed E-state index contributed by atoms with van der Waals surface area (Å²) >= 11 is 0. The van der Waals surface area contributed by atoms with E-state index >= 15 is 0 Å². The van der Waals surface area contributed by atoms with Crippen LogP contribution in [0.15, 0.2) is 69.0 Å². The summed E-state index contributed by atoms with van der Waals surface area (Å²) in [6, 6.07) is 16.9. The maximum atomic E-state index is 5.50. The van der Waals surface area contributed by atoms with E-state index in [-0.39, 0.29) is 0 Å². The number of fused-ring (bicyclic) bond motifs is 6. The van der Waals surface area contributed by atoms with Crippen molar-refractivity contribution in [2.45, 2.75) is 54.6 Å². The van der Waals surface area contributed by atoms with Gasteiger partial charge in [0.25, 0.3) is 0 Å². The summed E-state index contributed by atoms with van der Waals surface area (Å²) < 4.78 is 11.0. The summed E-state index contributed by atoms with van der Waals surface area (Å²) in [4.78, 5) is 4.84. The van der Waals surface area contributed by atoms with Crippen molar-refractivity contribution in [3.8, 4) is 11.5 Å². The molecule has 0 fully saturated rings. The van der Waals surface area contributed by atoms with Gasteiger partial charge in [0.2, 0.25) is 0 Å². The van der Waals surface area contributed by atoms with Crippen molar-refractivity contribution in [2.75, 3.05) is 30.7 Å². The number of azo groups is 2. The van der Waals surface area contributed by atoms with Crippen LogP contribution in [0.25, 0.3) is 0 Å². The van der Waals surface area contributed by atoms with Crippen molar-refractivity contribution in [1.82, 2.24) is 0 Å². The highest BCUT2D eigenvalue weighted by Gasteiger charge is 2.30. The van der Waals surface area contributed by atoms with Gasteiger partial charge >= 0.3 is 0 Å². The molecule has 8 nitrogen and oxygen atoms in total. The molecule has 0 unspecified atom stereocenters. The largest absolute Gasteiger partial charge is 0.496 e. The maximum absolute atomic E-state index is 5.50. The zero-order chi connectivity index (χ0) is 30.4. The molecule has 0 aliphatic carbocycles. The molecule has 0 N–H and O–H groups in total. The minimum Gasteiger partial charge on any atom is -0.496 e. The predicted octanol–water partition coefficient (Wildman–Crippen LogP) is 9.68. The van der Waals surface area contributed by atoms with Crippen LogP contribution in [-0.4, -0.2) is 20.9 Å². The van der Waals surface area contributed by atoms with E-state index < -0.39 is 0 Å². The van der Waals surface area contributed by atoms with Crippen LogP contribution in [0.4, 0.5) is 34.1 Å². The monoisotopic (exact) mass is 574 g/mol. The molecule has 4 aromatic rings. The molecule has 2 aliphatic rings. The van der Waals surface area contributed by atoms with Crippen LogP contribution >= 0.6 is 0 Å². The lowest BCUT2D eigenvalue weighted by molar-refractivity contribution is 0.408. The Kier molecular flexibility index (Phi) is 7.38. The van der Waals surface area contributed by atoms with Crippen molar-refractivity contribution in [1.29, 1.82) is 0 Å². The lowest BCUT2D eigenvalue weighted by atomic mass is 9.98. The highest BCUT2D eigenvalue weighted by molar-refractivity contribution is 5.74. The molecule has 0 aromatic heterocycles. The second kappa shape index (κ2) is 11.2. The molecule has 0 saturated carbocycles. The van der Waals surface area contributed by atoms with Gasteiger partial charge in [0.1, 0.15) is 11.5 Å².